The number of nitrogens with one attached hydrogen (secondary N) is 1. The number of azo groups is 1. The first kappa shape index (κ1) is 27.8. The number of amides is 1. The van der Waals surface area contributed by atoms with Gasteiger partial charge in [-0.25, -0.2) is 0 Å². The van der Waals surface area contributed by atoms with E-state index in [1.807, 2.05) is 6.07 Å². The fourth-order valence-corrected chi connectivity index (χ4v) is 6.05. The first-order valence-electron chi connectivity index (χ1n) is 11.0. The molecule has 5 N–H and O–H groups in total. The van der Waals surface area contributed by atoms with Gasteiger partial charge < -0.3 is 11.1 Å². The molecule has 0 saturated carbocycles. The normalized spacial score (nSPS) is 12.1. The van der Waals surface area contributed by atoms with E-state index in [0.29, 0.717) is 23.2 Å². The molecule has 0 aliphatic heterocycles. The van der Waals surface area contributed by atoms with Crippen LogP contribution in [0.5, 0.6) is 0 Å². The van der Waals surface area contributed by atoms with Gasteiger partial charge in [0.25, 0.3) is 20.2 Å². The van der Waals surface area contributed by atoms with Crippen molar-refractivity contribution >= 4 is 69.6 Å². The molecule has 3 aromatic carbocycles. The summed E-state index contributed by atoms with van der Waals surface area (Å²) in [7, 11) is -9.60. The van der Waals surface area contributed by atoms with Crippen LogP contribution in [0.15, 0.2) is 74.6 Å². The summed E-state index contributed by atoms with van der Waals surface area (Å²) >= 11 is 0.941. The number of thiophene rings is 1. The quantitative estimate of drug-likeness (QED) is 0.164. The highest BCUT2D eigenvalue weighted by Crippen LogP contribution is 2.45. The number of carbonyl (C=O) groups excluding carboxylic acids is 1. The maximum Gasteiger partial charge on any atom is 0.295 e. The van der Waals surface area contributed by atoms with E-state index >= 15 is 0 Å². The Balaban J connectivity index is 1.86. The van der Waals surface area contributed by atoms with Crippen LogP contribution in [0.25, 0.3) is 21.9 Å². The molecule has 0 aliphatic rings. The molecule has 200 valence electrons. The van der Waals surface area contributed by atoms with Gasteiger partial charge in [-0.15, -0.1) is 10.2 Å². The summed E-state index contributed by atoms with van der Waals surface area (Å²) in [6, 6.07) is 14.3. The summed E-state index contributed by atoms with van der Waals surface area (Å²) in [5, 5.41) is 20.5. The molecule has 0 bridgehead atoms. The summed E-state index contributed by atoms with van der Waals surface area (Å²) in [5.41, 5.74) is 7.41. The van der Waals surface area contributed by atoms with Crippen LogP contribution in [0.3, 0.4) is 0 Å². The average molecular weight is 586 g/mol. The molecular formula is C24H19N5O7S3. The highest BCUT2D eigenvalue weighted by atomic mass is 32.2. The van der Waals surface area contributed by atoms with Crippen LogP contribution in [0.4, 0.5) is 21.4 Å². The van der Waals surface area contributed by atoms with E-state index in [2.05, 4.69) is 15.5 Å². The summed E-state index contributed by atoms with van der Waals surface area (Å²) < 4.78 is 67.3. The fourth-order valence-electron chi connectivity index (χ4n) is 3.76. The number of carbonyl (C=O) groups is 1. The van der Waals surface area contributed by atoms with Gasteiger partial charge in [-0.3, -0.25) is 13.9 Å². The van der Waals surface area contributed by atoms with E-state index in [0.717, 1.165) is 23.5 Å². The maximum absolute atomic E-state index is 12.1. The van der Waals surface area contributed by atoms with Crippen molar-refractivity contribution in [2.24, 2.45) is 10.2 Å². The van der Waals surface area contributed by atoms with Crippen LogP contribution in [0, 0.1) is 11.3 Å². The van der Waals surface area contributed by atoms with Gasteiger partial charge in [0, 0.05) is 28.4 Å². The van der Waals surface area contributed by atoms with Gasteiger partial charge in [-0.05, 0) is 35.9 Å². The minimum Gasteiger partial charge on any atom is -0.389 e. The Labute approximate surface area is 226 Å². The fraction of sp³-hybridized carbons (Fsp3) is 0.0833. The molecule has 4 aromatic rings. The van der Waals surface area contributed by atoms with E-state index in [1.54, 1.807) is 31.2 Å². The van der Waals surface area contributed by atoms with Crippen molar-refractivity contribution in [3.63, 3.8) is 0 Å². The van der Waals surface area contributed by atoms with Crippen molar-refractivity contribution in [1.82, 2.24) is 0 Å². The molecule has 1 heterocycles. The summed E-state index contributed by atoms with van der Waals surface area (Å²) in [5.74, 6) is -0.175. The van der Waals surface area contributed by atoms with E-state index < -0.39 is 30.0 Å². The zero-order chi connectivity index (χ0) is 28.5. The molecule has 0 unspecified atom stereocenters. The Morgan fingerprint density at radius 1 is 1.00 bits per heavy atom. The highest BCUT2D eigenvalue weighted by molar-refractivity contribution is 7.86. The smallest absolute Gasteiger partial charge is 0.295 e. The third-order valence-electron chi connectivity index (χ3n) is 5.52. The monoisotopic (exact) mass is 585 g/mol. The Morgan fingerprint density at radius 3 is 2.26 bits per heavy atom. The number of hydrogen-bond donors (Lipinski definition) is 4. The third-order valence-corrected chi connectivity index (χ3v) is 8.23. The average Bonchev–Trinajstić information content (AvgIpc) is 3.20. The molecule has 1 aromatic heterocycles. The zero-order valence-electron chi connectivity index (χ0n) is 20.0. The van der Waals surface area contributed by atoms with Gasteiger partial charge >= 0.3 is 0 Å². The molecule has 15 heteroatoms. The second-order valence-electron chi connectivity index (χ2n) is 8.06. The summed E-state index contributed by atoms with van der Waals surface area (Å²) in [6.45, 7) is 1.71. The number of nitrogen functional groups attached to an aromatic ring is 1. The number of nitriles is 1. The number of rotatable bonds is 7. The summed E-state index contributed by atoms with van der Waals surface area (Å²) in [6.07, 6.45) is 0.297. The standard InChI is InChI=1S/C24H19N5O7S3/c1-2-21(30)27-14-8-6-13(7-9-14)22-18(12-25)23(26)37-24(22)29-28-15-10-17-16(20(11-15)39(34,35)36)4-3-5-19(17)38(31,32)33/h3-11H,2,26H2,1H3,(H,27,30)(H,31,32,33)(H,34,35,36)/b29-28+. The van der Waals surface area contributed by atoms with Gasteiger partial charge in [0.2, 0.25) is 5.91 Å². The van der Waals surface area contributed by atoms with Crippen molar-refractivity contribution < 1.29 is 30.7 Å². The third kappa shape index (κ3) is 5.79. The highest BCUT2D eigenvalue weighted by Gasteiger charge is 2.22. The largest absolute Gasteiger partial charge is 0.389 e. The van der Waals surface area contributed by atoms with E-state index in [-0.39, 0.29) is 37.9 Å². The maximum atomic E-state index is 12.1. The first-order chi connectivity index (χ1) is 18.3. The van der Waals surface area contributed by atoms with Crippen LogP contribution in [-0.2, 0) is 25.0 Å². The van der Waals surface area contributed by atoms with Gasteiger partial charge in [0.05, 0.1) is 11.3 Å². The minimum absolute atomic E-state index is 0.130. The molecule has 1 amide bonds. The Morgan fingerprint density at radius 2 is 1.67 bits per heavy atom. The Bertz CT molecular complexity index is 1910. The predicted octanol–water partition coefficient (Wildman–Crippen LogP) is 5.28. The van der Waals surface area contributed by atoms with Gasteiger partial charge in [0.15, 0.2) is 0 Å². The lowest BCUT2D eigenvalue weighted by Crippen LogP contribution is -2.08. The molecule has 39 heavy (non-hydrogen) atoms. The number of nitrogens with zero attached hydrogens (tertiary/aromatic N) is 3. The van der Waals surface area contributed by atoms with Crippen molar-refractivity contribution in [3.8, 4) is 17.2 Å². The predicted molar refractivity (Wildman–Crippen MR) is 146 cm³/mol. The first-order valence-corrected chi connectivity index (χ1v) is 14.7. The minimum atomic E-state index is -4.84. The molecular weight excluding hydrogens is 566 g/mol. The molecule has 0 saturated heterocycles. The van der Waals surface area contributed by atoms with E-state index in [9.17, 15) is 36.0 Å². The second kappa shape index (κ2) is 10.5. The lowest BCUT2D eigenvalue weighted by Gasteiger charge is -2.09. The number of nitrogens with two attached hydrogens (primary N) is 1. The van der Waals surface area contributed by atoms with Crippen molar-refractivity contribution in [2.45, 2.75) is 23.1 Å². The van der Waals surface area contributed by atoms with Crippen LogP contribution >= 0.6 is 11.3 Å². The van der Waals surface area contributed by atoms with Crippen molar-refractivity contribution in [3.05, 3.63) is 60.2 Å². The van der Waals surface area contributed by atoms with Gasteiger partial charge in [-0.1, -0.05) is 42.5 Å². The number of benzene rings is 3. The van der Waals surface area contributed by atoms with Crippen molar-refractivity contribution in [1.29, 1.82) is 5.26 Å². The van der Waals surface area contributed by atoms with Crippen LogP contribution in [0.2, 0.25) is 0 Å². The SMILES string of the molecule is CCC(=O)Nc1ccc(-c2c(/N=N/c3cc(S(=O)(=O)O)c4cccc(S(=O)(=O)O)c4c3)sc(N)c2C#N)cc1. The van der Waals surface area contributed by atoms with E-state index in [1.165, 1.54) is 18.2 Å². The Hall–Kier alpha value is -4.20. The lowest BCUT2D eigenvalue weighted by molar-refractivity contribution is -0.115. The lowest BCUT2D eigenvalue weighted by atomic mass is 10.0. The molecule has 4 rings (SSSR count). The molecule has 0 atom stereocenters. The molecule has 0 spiro atoms. The van der Waals surface area contributed by atoms with Gasteiger partial charge in [0.1, 0.15) is 25.9 Å². The number of anilines is 2. The van der Waals surface area contributed by atoms with Crippen LogP contribution in [0.1, 0.15) is 18.9 Å². The second-order valence-corrected chi connectivity index (χ2v) is 11.9. The number of hydrogen-bond acceptors (Lipinski definition) is 10. The van der Waals surface area contributed by atoms with Crippen LogP contribution < -0.4 is 11.1 Å². The molecule has 12 nitrogen and oxygen atoms in total. The summed E-state index contributed by atoms with van der Waals surface area (Å²) in [4.78, 5) is 10.4. The topological polar surface area (TPSA) is 212 Å². The molecule has 0 aliphatic carbocycles. The zero-order valence-corrected chi connectivity index (χ0v) is 22.4. The van der Waals surface area contributed by atoms with Crippen LogP contribution in [-0.4, -0.2) is 31.8 Å². The van der Waals surface area contributed by atoms with Crippen molar-refractivity contribution in [2.75, 3.05) is 11.1 Å². The van der Waals surface area contributed by atoms with Gasteiger partial charge in [-0.2, -0.15) is 22.1 Å². The van der Waals surface area contributed by atoms with E-state index in [4.69, 9.17) is 5.73 Å². The number of fused-ring (bicyclic) bond motifs is 1. The molecule has 0 radical (unpaired) electrons. The molecule has 0 fully saturated rings. The Kier molecular flexibility index (Phi) is 7.50.